The van der Waals surface area contributed by atoms with Gasteiger partial charge in [0.05, 0.1) is 37.8 Å². The van der Waals surface area contributed by atoms with Crippen LogP contribution in [0.5, 0.6) is 0 Å². The summed E-state index contributed by atoms with van der Waals surface area (Å²) in [6.45, 7) is 4.64. The Morgan fingerprint density at radius 3 is 1.70 bits per heavy atom. The molecule has 1 aliphatic rings. The van der Waals surface area contributed by atoms with Crippen molar-refractivity contribution in [1.29, 1.82) is 0 Å². The highest BCUT2D eigenvalue weighted by Gasteiger charge is 2.44. The maximum atomic E-state index is 12.2. The lowest BCUT2D eigenvalue weighted by Crippen LogP contribution is -2.62. The van der Waals surface area contributed by atoms with Crippen LogP contribution in [0.25, 0.3) is 0 Å². The summed E-state index contributed by atoms with van der Waals surface area (Å²) in [5.41, 5.74) is -0.739. The van der Waals surface area contributed by atoms with Gasteiger partial charge in [-0.2, -0.15) is 16.8 Å². The van der Waals surface area contributed by atoms with E-state index in [1.165, 1.54) is 4.90 Å². The Morgan fingerprint density at radius 2 is 1.39 bits per heavy atom. The maximum Gasteiger partial charge on any atom is 0.410 e. The van der Waals surface area contributed by atoms with E-state index in [2.05, 4.69) is 0 Å². The zero-order chi connectivity index (χ0) is 18.1. The van der Waals surface area contributed by atoms with E-state index < -0.39 is 44.0 Å². The zero-order valence-electron chi connectivity index (χ0n) is 13.8. The van der Waals surface area contributed by atoms with Gasteiger partial charge in [-0.05, 0) is 27.2 Å². The molecule has 23 heavy (non-hydrogen) atoms. The molecule has 0 aromatic heterocycles. The fourth-order valence-electron chi connectivity index (χ4n) is 2.02. The molecule has 0 saturated carbocycles. The van der Waals surface area contributed by atoms with Gasteiger partial charge in [0, 0.05) is 0 Å². The van der Waals surface area contributed by atoms with Crippen molar-refractivity contribution in [3.8, 4) is 0 Å². The van der Waals surface area contributed by atoms with Gasteiger partial charge < -0.3 is 4.74 Å². The molecule has 1 heterocycles. The highest BCUT2D eigenvalue weighted by Crippen LogP contribution is 2.29. The van der Waals surface area contributed by atoms with Gasteiger partial charge in [-0.1, -0.05) is 0 Å². The highest BCUT2D eigenvalue weighted by molar-refractivity contribution is 7.86. The summed E-state index contributed by atoms with van der Waals surface area (Å²) < 4.78 is 58.9. The Kier molecular flexibility index (Phi) is 6.05. The summed E-state index contributed by atoms with van der Waals surface area (Å²) >= 11 is 0. The van der Waals surface area contributed by atoms with Crippen molar-refractivity contribution in [2.24, 2.45) is 0 Å². The summed E-state index contributed by atoms with van der Waals surface area (Å²) in [4.78, 5) is 13.5. The molecule has 1 rings (SSSR count). The molecule has 2 atom stereocenters. The molecule has 136 valence electrons. The summed E-state index contributed by atoms with van der Waals surface area (Å²) in [5.74, 6) is 0. The fraction of sp³-hybridized carbons (Fsp3) is 0.917. The standard InChI is InChI=1S/C12H23NO8S2/c1-12(2,3)21-11(14)13-9(7-19-22(4,15)16)6-10(13)8-20-23(5,17)18/h9-10H,6-8H2,1-5H3. The van der Waals surface area contributed by atoms with Crippen molar-refractivity contribution >= 4 is 26.3 Å². The summed E-state index contributed by atoms with van der Waals surface area (Å²) in [7, 11) is -7.28. The van der Waals surface area contributed by atoms with E-state index in [0.717, 1.165) is 12.5 Å². The predicted octanol–water partition coefficient (Wildman–Crippen LogP) is 0.317. The number of likely N-dealkylation sites (tertiary alicyclic amines) is 1. The molecule has 1 saturated heterocycles. The topological polar surface area (TPSA) is 116 Å². The predicted molar refractivity (Wildman–Crippen MR) is 81.9 cm³/mol. The van der Waals surface area contributed by atoms with Gasteiger partial charge in [0.15, 0.2) is 0 Å². The van der Waals surface area contributed by atoms with Gasteiger partial charge >= 0.3 is 6.09 Å². The van der Waals surface area contributed by atoms with Crippen molar-refractivity contribution in [2.75, 3.05) is 25.7 Å². The number of rotatable bonds is 6. The lowest BCUT2D eigenvalue weighted by molar-refractivity contribution is -0.0518. The zero-order valence-corrected chi connectivity index (χ0v) is 15.4. The summed E-state index contributed by atoms with van der Waals surface area (Å²) in [6.07, 6.45) is 1.50. The van der Waals surface area contributed by atoms with Gasteiger partial charge in [0.2, 0.25) is 0 Å². The van der Waals surface area contributed by atoms with Crippen LogP contribution in [0.3, 0.4) is 0 Å². The van der Waals surface area contributed by atoms with E-state index in [0.29, 0.717) is 6.42 Å². The third-order valence-corrected chi connectivity index (χ3v) is 4.01. The Balaban J connectivity index is 2.75. The van der Waals surface area contributed by atoms with E-state index in [9.17, 15) is 21.6 Å². The van der Waals surface area contributed by atoms with Crippen molar-refractivity contribution < 1.29 is 34.7 Å². The lowest BCUT2D eigenvalue weighted by Gasteiger charge is -2.47. The molecule has 11 heteroatoms. The molecule has 0 radical (unpaired) electrons. The number of carbonyl (C=O) groups is 1. The van der Waals surface area contributed by atoms with Crippen LogP contribution in [0.2, 0.25) is 0 Å². The smallest absolute Gasteiger partial charge is 0.410 e. The monoisotopic (exact) mass is 373 g/mol. The molecule has 0 aromatic rings. The minimum Gasteiger partial charge on any atom is -0.444 e. The van der Waals surface area contributed by atoms with E-state index in [4.69, 9.17) is 13.1 Å². The SMILES string of the molecule is CC(C)(C)OC(=O)N1C(COS(C)(=O)=O)CC1COS(C)(=O)=O. The highest BCUT2D eigenvalue weighted by atomic mass is 32.2. The van der Waals surface area contributed by atoms with Crippen LogP contribution in [0.4, 0.5) is 4.79 Å². The molecule has 1 fully saturated rings. The Labute approximate surface area is 137 Å². The molecule has 0 spiro atoms. The van der Waals surface area contributed by atoms with E-state index in [-0.39, 0.29) is 13.2 Å². The van der Waals surface area contributed by atoms with Gasteiger partial charge in [0.1, 0.15) is 5.60 Å². The van der Waals surface area contributed by atoms with Gasteiger partial charge in [-0.15, -0.1) is 0 Å². The third-order valence-electron chi connectivity index (χ3n) is 2.88. The number of carbonyl (C=O) groups excluding carboxylic acids is 1. The van der Waals surface area contributed by atoms with Crippen LogP contribution in [0.15, 0.2) is 0 Å². The van der Waals surface area contributed by atoms with Crippen LogP contribution in [-0.2, 0) is 33.3 Å². The quantitative estimate of drug-likeness (QED) is 0.611. The van der Waals surface area contributed by atoms with Gasteiger partial charge in [-0.3, -0.25) is 13.3 Å². The minimum atomic E-state index is -3.64. The average molecular weight is 373 g/mol. The van der Waals surface area contributed by atoms with E-state index in [1.807, 2.05) is 0 Å². The minimum absolute atomic E-state index is 0.215. The second kappa shape index (κ2) is 6.91. The molecule has 1 aliphatic heterocycles. The van der Waals surface area contributed by atoms with Crippen LogP contribution in [0, 0.1) is 0 Å². The van der Waals surface area contributed by atoms with Crippen LogP contribution >= 0.6 is 0 Å². The van der Waals surface area contributed by atoms with Crippen LogP contribution in [0.1, 0.15) is 27.2 Å². The Morgan fingerprint density at radius 1 is 1.00 bits per heavy atom. The normalized spacial score (nSPS) is 22.6. The molecule has 9 nitrogen and oxygen atoms in total. The van der Waals surface area contributed by atoms with Crippen molar-refractivity contribution in [1.82, 2.24) is 4.90 Å². The second-order valence-corrected chi connectivity index (χ2v) is 9.70. The number of amides is 1. The van der Waals surface area contributed by atoms with Crippen molar-refractivity contribution in [2.45, 2.75) is 44.9 Å². The Hall–Kier alpha value is -0.910. The van der Waals surface area contributed by atoms with Gasteiger partial charge in [0.25, 0.3) is 20.2 Å². The number of nitrogens with zero attached hydrogens (tertiary/aromatic N) is 1. The average Bonchev–Trinajstić information content (AvgIpc) is 2.20. The molecule has 0 bridgehead atoms. The molecule has 0 aromatic carbocycles. The summed E-state index contributed by atoms with van der Waals surface area (Å²) in [5, 5.41) is 0. The fourth-order valence-corrected chi connectivity index (χ4v) is 2.82. The van der Waals surface area contributed by atoms with Crippen LogP contribution < -0.4 is 0 Å². The van der Waals surface area contributed by atoms with E-state index >= 15 is 0 Å². The van der Waals surface area contributed by atoms with Crippen molar-refractivity contribution in [3.05, 3.63) is 0 Å². The Bertz CT molecular complexity index is 592. The number of ether oxygens (including phenoxy) is 1. The maximum absolute atomic E-state index is 12.2. The van der Waals surface area contributed by atoms with Gasteiger partial charge in [-0.25, -0.2) is 4.79 Å². The third kappa shape index (κ3) is 7.46. The van der Waals surface area contributed by atoms with E-state index in [1.54, 1.807) is 20.8 Å². The lowest BCUT2D eigenvalue weighted by atomic mass is 9.95. The largest absolute Gasteiger partial charge is 0.444 e. The van der Waals surface area contributed by atoms with Crippen LogP contribution in [-0.4, -0.2) is 71.2 Å². The summed E-state index contributed by atoms with van der Waals surface area (Å²) in [6, 6.07) is -1.04. The molecular formula is C12H23NO8S2. The first-order valence-electron chi connectivity index (χ1n) is 6.88. The first-order chi connectivity index (χ1) is 10.2. The number of hydrogen-bond donors (Lipinski definition) is 0. The molecule has 0 aliphatic carbocycles. The first-order valence-corrected chi connectivity index (χ1v) is 10.5. The molecular weight excluding hydrogens is 350 g/mol. The molecule has 2 unspecified atom stereocenters. The second-order valence-electron chi connectivity index (χ2n) is 6.41. The first kappa shape index (κ1) is 20.1. The van der Waals surface area contributed by atoms with Crippen molar-refractivity contribution in [3.63, 3.8) is 0 Å². The molecule has 0 N–H and O–H groups in total. The number of hydrogen-bond acceptors (Lipinski definition) is 8. The molecule has 1 amide bonds.